The standard InChI is InChI=1S/C21H38O2S2/c1-2-3-4-9-15-24-16-14-18-17(19-12-13-20(18)25-19)10-7-5-6-8-11-21(22)23/h17-20H,2-16H2,1H3,(H,22,23). The average molecular weight is 387 g/mol. The maximum absolute atomic E-state index is 10.6. The zero-order valence-electron chi connectivity index (χ0n) is 16.1. The Morgan fingerprint density at radius 2 is 1.60 bits per heavy atom. The lowest BCUT2D eigenvalue weighted by Gasteiger charge is -2.30. The minimum absolute atomic E-state index is 0.349. The monoisotopic (exact) mass is 386 g/mol. The van der Waals surface area contributed by atoms with Crippen LogP contribution in [0, 0.1) is 11.8 Å². The molecule has 25 heavy (non-hydrogen) atoms. The molecule has 0 aromatic heterocycles. The number of hydrogen-bond donors (Lipinski definition) is 1. The van der Waals surface area contributed by atoms with Crippen molar-refractivity contribution in [2.75, 3.05) is 11.5 Å². The molecule has 2 bridgehead atoms. The molecule has 0 saturated carbocycles. The Kier molecular flexibility index (Phi) is 10.8. The van der Waals surface area contributed by atoms with Gasteiger partial charge in [0.05, 0.1) is 0 Å². The van der Waals surface area contributed by atoms with Crippen molar-refractivity contribution in [1.29, 1.82) is 0 Å². The van der Waals surface area contributed by atoms with E-state index in [9.17, 15) is 4.79 Å². The smallest absolute Gasteiger partial charge is 0.303 e. The van der Waals surface area contributed by atoms with Gasteiger partial charge >= 0.3 is 5.97 Å². The number of unbranched alkanes of at least 4 members (excludes halogenated alkanes) is 6. The largest absolute Gasteiger partial charge is 0.481 e. The Labute approximate surface area is 163 Å². The third kappa shape index (κ3) is 7.74. The van der Waals surface area contributed by atoms with Crippen molar-refractivity contribution in [2.45, 2.75) is 101 Å². The number of carbonyl (C=O) groups is 1. The number of rotatable bonds is 15. The molecule has 146 valence electrons. The van der Waals surface area contributed by atoms with Crippen LogP contribution < -0.4 is 0 Å². The van der Waals surface area contributed by atoms with Gasteiger partial charge in [-0.1, -0.05) is 45.4 Å². The van der Waals surface area contributed by atoms with Crippen LogP contribution in [0.2, 0.25) is 0 Å². The van der Waals surface area contributed by atoms with Crippen LogP contribution in [0.3, 0.4) is 0 Å². The van der Waals surface area contributed by atoms with Gasteiger partial charge in [0.15, 0.2) is 0 Å². The molecule has 2 heterocycles. The number of aliphatic carboxylic acids is 1. The van der Waals surface area contributed by atoms with Crippen LogP contribution >= 0.6 is 23.5 Å². The molecule has 0 amide bonds. The maximum atomic E-state index is 10.6. The first-order valence-electron chi connectivity index (χ1n) is 10.7. The summed E-state index contributed by atoms with van der Waals surface area (Å²) in [4.78, 5) is 10.6. The minimum Gasteiger partial charge on any atom is -0.481 e. The summed E-state index contributed by atoms with van der Waals surface area (Å²) in [7, 11) is 0. The normalized spacial score (nSPS) is 27.9. The second-order valence-electron chi connectivity index (χ2n) is 7.93. The third-order valence-corrected chi connectivity index (χ3v) is 8.98. The number of carboxylic acid groups (broad SMARTS) is 1. The fourth-order valence-corrected chi connectivity index (χ4v) is 7.76. The van der Waals surface area contributed by atoms with E-state index in [1.807, 2.05) is 0 Å². The Morgan fingerprint density at radius 3 is 2.32 bits per heavy atom. The van der Waals surface area contributed by atoms with Crippen LogP contribution in [-0.2, 0) is 4.79 Å². The highest BCUT2D eigenvalue weighted by molar-refractivity contribution is 8.01. The van der Waals surface area contributed by atoms with E-state index < -0.39 is 5.97 Å². The summed E-state index contributed by atoms with van der Waals surface area (Å²) >= 11 is 4.50. The lowest BCUT2D eigenvalue weighted by Crippen LogP contribution is -2.27. The Hall–Kier alpha value is 0.170. The van der Waals surface area contributed by atoms with Crippen molar-refractivity contribution in [3.63, 3.8) is 0 Å². The molecule has 0 aliphatic carbocycles. The summed E-state index contributed by atoms with van der Waals surface area (Å²) in [6.45, 7) is 2.28. The molecule has 0 spiro atoms. The fraction of sp³-hybridized carbons (Fsp3) is 0.952. The van der Waals surface area contributed by atoms with Crippen molar-refractivity contribution < 1.29 is 9.90 Å². The molecular weight excluding hydrogens is 348 g/mol. The molecule has 4 atom stereocenters. The summed E-state index contributed by atoms with van der Waals surface area (Å²) in [5.41, 5.74) is 0. The van der Waals surface area contributed by atoms with Crippen molar-refractivity contribution in [3.05, 3.63) is 0 Å². The molecular formula is C21H38O2S2. The molecule has 4 unspecified atom stereocenters. The van der Waals surface area contributed by atoms with Gasteiger partial charge < -0.3 is 5.11 Å². The third-order valence-electron chi connectivity index (χ3n) is 6.01. The summed E-state index contributed by atoms with van der Waals surface area (Å²) in [6.07, 6.45) is 16.2. The Morgan fingerprint density at radius 1 is 0.920 bits per heavy atom. The van der Waals surface area contributed by atoms with Gasteiger partial charge in [-0.2, -0.15) is 23.5 Å². The predicted molar refractivity (Wildman–Crippen MR) is 113 cm³/mol. The Balaban J connectivity index is 1.57. The summed E-state index contributed by atoms with van der Waals surface area (Å²) in [5.74, 6) is 4.03. The molecule has 4 heteroatoms. The molecule has 2 rings (SSSR count). The van der Waals surface area contributed by atoms with E-state index in [1.54, 1.807) is 0 Å². The van der Waals surface area contributed by atoms with Gasteiger partial charge in [-0.05, 0) is 61.9 Å². The SMILES string of the molecule is CCCCCCSCCC1C2CCC(S2)C1CCCCCCC(=O)O. The van der Waals surface area contributed by atoms with Gasteiger partial charge in [0.1, 0.15) is 0 Å². The summed E-state index contributed by atoms with van der Waals surface area (Å²) < 4.78 is 0. The van der Waals surface area contributed by atoms with Crippen LogP contribution in [0.1, 0.15) is 90.4 Å². The van der Waals surface area contributed by atoms with Gasteiger partial charge in [-0.3, -0.25) is 4.79 Å². The average Bonchev–Trinajstić information content (AvgIpc) is 3.19. The second kappa shape index (κ2) is 12.5. The number of thioether (sulfide) groups is 2. The van der Waals surface area contributed by atoms with Gasteiger partial charge in [-0.25, -0.2) is 0 Å². The van der Waals surface area contributed by atoms with Crippen molar-refractivity contribution in [2.24, 2.45) is 11.8 Å². The molecule has 0 aromatic rings. The lowest BCUT2D eigenvalue weighted by molar-refractivity contribution is -0.137. The molecule has 2 fully saturated rings. The molecule has 0 aromatic carbocycles. The van der Waals surface area contributed by atoms with E-state index in [4.69, 9.17) is 5.11 Å². The molecule has 2 aliphatic heterocycles. The van der Waals surface area contributed by atoms with Crippen LogP contribution in [0.25, 0.3) is 0 Å². The molecule has 0 radical (unpaired) electrons. The topological polar surface area (TPSA) is 37.3 Å². The minimum atomic E-state index is -0.642. The van der Waals surface area contributed by atoms with E-state index >= 15 is 0 Å². The predicted octanol–water partition coefficient (Wildman–Crippen LogP) is 6.63. The van der Waals surface area contributed by atoms with Gasteiger partial charge in [-0.15, -0.1) is 0 Å². The fourth-order valence-electron chi connectivity index (χ4n) is 4.63. The quantitative estimate of drug-likeness (QED) is 0.321. The summed E-state index contributed by atoms with van der Waals surface area (Å²) in [6, 6.07) is 0. The second-order valence-corrected chi connectivity index (χ2v) is 10.6. The zero-order valence-corrected chi connectivity index (χ0v) is 17.7. The van der Waals surface area contributed by atoms with E-state index in [0.29, 0.717) is 6.42 Å². The van der Waals surface area contributed by atoms with E-state index in [0.717, 1.165) is 35.2 Å². The molecule has 2 aliphatic rings. The maximum Gasteiger partial charge on any atom is 0.303 e. The highest BCUT2D eigenvalue weighted by Crippen LogP contribution is 2.55. The van der Waals surface area contributed by atoms with Crippen molar-refractivity contribution >= 4 is 29.5 Å². The molecule has 1 N–H and O–H groups in total. The molecule has 2 nitrogen and oxygen atoms in total. The zero-order chi connectivity index (χ0) is 17.9. The summed E-state index contributed by atoms with van der Waals surface area (Å²) in [5, 5.41) is 10.6. The van der Waals surface area contributed by atoms with Crippen LogP contribution in [-0.4, -0.2) is 33.1 Å². The first-order valence-corrected chi connectivity index (χ1v) is 12.8. The van der Waals surface area contributed by atoms with Crippen LogP contribution in [0.4, 0.5) is 0 Å². The van der Waals surface area contributed by atoms with E-state index in [2.05, 4.69) is 30.4 Å². The first kappa shape index (κ1) is 21.5. The highest BCUT2D eigenvalue weighted by Gasteiger charge is 2.47. The van der Waals surface area contributed by atoms with Crippen molar-refractivity contribution in [3.8, 4) is 0 Å². The number of carboxylic acids is 1. The van der Waals surface area contributed by atoms with E-state index in [1.165, 1.54) is 75.7 Å². The number of hydrogen-bond acceptors (Lipinski definition) is 3. The van der Waals surface area contributed by atoms with Crippen molar-refractivity contribution in [1.82, 2.24) is 0 Å². The first-order chi connectivity index (χ1) is 12.2. The lowest BCUT2D eigenvalue weighted by atomic mass is 9.75. The number of fused-ring (bicyclic) bond motifs is 2. The highest BCUT2D eigenvalue weighted by atomic mass is 32.2. The molecule has 2 saturated heterocycles. The van der Waals surface area contributed by atoms with Gasteiger partial charge in [0.25, 0.3) is 0 Å². The van der Waals surface area contributed by atoms with Gasteiger partial charge in [0, 0.05) is 16.9 Å². The van der Waals surface area contributed by atoms with Crippen LogP contribution in [0.5, 0.6) is 0 Å². The van der Waals surface area contributed by atoms with E-state index in [-0.39, 0.29) is 0 Å². The Bertz CT molecular complexity index is 375. The van der Waals surface area contributed by atoms with Gasteiger partial charge in [0.2, 0.25) is 0 Å². The van der Waals surface area contributed by atoms with Crippen LogP contribution in [0.15, 0.2) is 0 Å².